The maximum Gasteiger partial charge on any atom is 0.118 e. The maximum atomic E-state index is 10.3. The van der Waals surface area contributed by atoms with Gasteiger partial charge >= 0.3 is 0 Å². The van der Waals surface area contributed by atoms with Crippen molar-refractivity contribution in [2.45, 2.75) is 57.2 Å². The molecule has 0 amide bonds. The molecule has 1 N–H and O–H groups in total. The lowest BCUT2D eigenvalue weighted by atomic mass is 9.80. The van der Waals surface area contributed by atoms with Crippen LogP contribution in [0.5, 0.6) is 5.75 Å². The Morgan fingerprint density at radius 3 is 2.57 bits per heavy atom. The molecule has 3 nitrogen and oxygen atoms in total. The number of nitrogens with zero attached hydrogens (tertiary/aromatic N) is 1. The van der Waals surface area contributed by atoms with Gasteiger partial charge in [0, 0.05) is 18.5 Å². The molecule has 116 valence electrons. The molecule has 3 rings (SSSR count). The number of benzene rings is 1. The molecule has 1 aromatic carbocycles. The molecule has 0 aromatic heterocycles. The zero-order chi connectivity index (χ0) is 14.7. The van der Waals surface area contributed by atoms with E-state index in [0.717, 1.165) is 18.7 Å². The molecule has 1 aliphatic heterocycles. The van der Waals surface area contributed by atoms with Crippen LogP contribution in [0.4, 0.5) is 0 Å². The molecular formula is C18H27NO2. The fraction of sp³-hybridized carbons (Fsp3) is 0.667. The van der Waals surface area contributed by atoms with Gasteiger partial charge in [-0.2, -0.15) is 0 Å². The third kappa shape index (κ3) is 3.41. The van der Waals surface area contributed by atoms with Crippen molar-refractivity contribution in [1.82, 2.24) is 4.90 Å². The number of likely N-dealkylation sites (tertiary alicyclic amines) is 1. The van der Waals surface area contributed by atoms with Crippen molar-refractivity contribution in [3.05, 3.63) is 29.8 Å². The second-order valence-corrected chi connectivity index (χ2v) is 6.54. The lowest BCUT2D eigenvalue weighted by Gasteiger charge is -2.37. The van der Waals surface area contributed by atoms with E-state index in [0.29, 0.717) is 12.0 Å². The van der Waals surface area contributed by atoms with Crippen molar-refractivity contribution in [1.29, 1.82) is 0 Å². The quantitative estimate of drug-likeness (QED) is 0.924. The Bertz CT molecular complexity index is 445. The molecule has 0 radical (unpaired) electrons. The Morgan fingerprint density at radius 1 is 1.10 bits per heavy atom. The predicted molar refractivity (Wildman–Crippen MR) is 84.4 cm³/mol. The van der Waals surface area contributed by atoms with Crippen LogP contribution in [-0.4, -0.2) is 35.8 Å². The minimum absolute atomic E-state index is 0.0831. The Hall–Kier alpha value is -1.06. The van der Waals surface area contributed by atoms with Crippen LogP contribution in [0.3, 0.4) is 0 Å². The van der Waals surface area contributed by atoms with Crippen LogP contribution >= 0.6 is 0 Å². The van der Waals surface area contributed by atoms with Gasteiger partial charge < -0.3 is 9.84 Å². The van der Waals surface area contributed by atoms with Gasteiger partial charge in [0.05, 0.1) is 13.2 Å². The SMILES string of the molecule is COc1ccc(CN2CCCC2C2CCCCC2O)cc1. The summed E-state index contributed by atoms with van der Waals surface area (Å²) >= 11 is 0. The first-order valence-electron chi connectivity index (χ1n) is 8.33. The molecular weight excluding hydrogens is 262 g/mol. The summed E-state index contributed by atoms with van der Waals surface area (Å²) < 4.78 is 5.22. The van der Waals surface area contributed by atoms with Gasteiger partial charge in [-0.05, 0) is 49.9 Å². The zero-order valence-electron chi connectivity index (χ0n) is 13.0. The fourth-order valence-corrected chi connectivity index (χ4v) is 4.09. The van der Waals surface area contributed by atoms with Gasteiger partial charge in [-0.25, -0.2) is 0 Å². The standard InChI is InChI=1S/C18H27NO2/c1-21-15-10-8-14(9-11-15)13-19-12-4-6-17(19)16-5-2-3-7-18(16)20/h8-11,16-18,20H,2-7,12-13H2,1H3. The van der Waals surface area contributed by atoms with Crippen molar-refractivity contribution < 1.29 is 9.84 Å². The highest BCUT2D eigenvalue weighted by Crippen LogP contribution is 2.35. The molecule has 3 heteroatoms. The normalized spacial score (nSPS) is 30.5. The topological polar surface area (TPSA) is 32.7 Å². The molecule has 1 saturated carbocycles. The smallest absolute Gasteiger partial charge is 0.118 e. The number of methoxy groups -OCH3 is 1. The van der Waals surface area contributed by atoms with Crippen LogP contribution in [0.2, 0.25) is 0 Å². The van der Waals surface area contributed by atoms with Crippen molar-refractivity contribution in [3.63, 3.8) is 0 Å². The summed E-state index contributed by atoms with van der Waals surface area (Å²) in [5, 5.41) is 10.3. The molecule has 1 saturated heterocycles. The molecule has 0 spiro atoms. The molecule has 1 aromatic rings. The molecule has 0 bridgehead atoms. The number of ether oxygens (including phenoxy) is 1. The van der Waals surface area contributed by atoms with Crippen molar-refractivity contribution in [2.75, 3.05) is 13.7 Å². The summed E-state index contributed by atoms with van der Waals surface area (Å²) in [6.45, 7) is 2.16. The van der Waals surface area contributed by atoms with E-state index in [2.05, 4.69) is 17.0 Å². The first kappa shape index (κ1) is 14.9. The third-order valence-corrected chi connectivity index (χ3v) is 5.23. The summed E-state index contributed by atoms with van der Waals surface area (Å²) in [6.07, 6.45) is 7.11. The number of hydrogen-bond donors (Lipinski definition) is 1. The van der Waals surface area contributed by atoms with Gasteiger partial charge in [-0.3, -0.25) is 4.90 Å². The van der Waals surface area contributed by atoms with Crippen molar-refractivity contribution in [3.8, 4) is 5.75 Å². The second kappa shape index (κ2) is 6.80. The number of hydrogen-bond acceptors (Lipinski definition) is 3. The summed E-state index contributed by atoms with van der Waals surface area (Å²) in [5.74, 6) is 1.40. The Morgan fingerprint density at radius 2 is 1.86 bits per heavy atom. The van der Waals surface area contributed by atoms with E-state index < -0.39 is 0 Å². The largest absolute Gasteiger partial charge is 0.497 e. The van der Waals surface area contributed by atoms with E-state index in [1.807, 2.05) is 12.1 Å². The molecule has 1 aliphatic carbocycles. The summed E-state index contributed by atoms with van der Waals surface area (Å²) in [5.41, 5.74) is 1.34. The van der Waals surface area contributed by atoms with E-state index >= 15 is 0 Å². The Kier molecular flexibility index (Phi) is 4.81. The van der Waals surface area contributed by atoms with Gasteiger partial charge in [0.1, 0.15) is 5.75 Å². The Labute approximate surface area is 127 Å². The number of aliphatic hydroxyl groups excluding tert-OH is 1. The highest BCUT2D eigenvalue weighted by atomic mass is 16.5. The lowest BCUT2D eigenvalue weighted by molar-refractivity contribution is 0.0201. The van der Waals surface area contributed by atoms with Crippen LogP contribution in [0.1, 0.15) is 44.1 Å². The molecule has 3 atom stereocenters. The monoisotopic (exact) mass is 289 g/mol. The van der Waals surface area contributed by atoms with Gasteiger partial charge in [0.2, 0.25) is 0 Å². The summed E-state index contributed by atoms with van der Waals surface area (Å²) in [4.78, 5) is 2.58. The van der Waals surface area contributed by atoms with E-state index in [-0.39, 0.29) is 6.10 Å². The van der Waals surface area contributed by atoms with E-state index in [1.165, 1.54) is 44.2 Å². The van der Waals surface area contributed by atoms with E-state index in [1.54, 1.807) is 7.11 Å². The molecule has 1 heterocycles. The van der Waals surface area contributed by atoms with E-state index in [4.69, 9.17) is 4.74 Å². The van der Waals surface area contributed by atoms with Gasteiger partial charge in [-0.1, -0.05) is 25.0 Å². The number of rotatable bonds is 4. The first-order chi connectivity index (χ1) is 10.3. The van der Waals surface area contributed by atoms with Crippen molar-refractivity contribution in [2.24, 2.45) is 5.92 Å². The molecule has 2 aliphatic rings. The molecule has 3 unspecified atom stereocenters. The zero-order valence-corrected chi connectivity index (χ0v) is 13.0. The highest BCUT2D eigenvalue weighted by Gasteiger charge is 2.36. The minimum atomic E-state index is -0.0831. The van der Waals surface area contributed by atoms with Crippen LogP contribution in [0.25, 0.3) is 0 Å². The molecule has 21 heavy (non-hydrogen) atoms. The van der Waals surface area contributed by atoms with Crippen LogP contribution in [0, 0.1) is 5.92 Å². The predicted octanol–water partition coefficient (Wildman–Crippen LogP) is 3.21. The summed E-state index contributed by atoms with van der Waals surface area (Å²) in [6, 6.07) is 8.96. The minimum Gasteiger partial charge on any atom is -0.497 e. The van der Waals surface area contributed by atoms with Gasteiger partial charge in [0.15, 0.2) is 0 Å². The van der Waals surface area contributed by atoms with Crippen LogP contribution in [-0.2, 0) is 6.54 Å². The third-order valence-electron chi connectivity index (χ3n) is 5.23. The summed E-state index contributed by atoms with van der Waals surface area (Å²) in [7, 11) is 1.70. The fourth-order valence-electron chi connectivity index (χ4n) is 4.09. The maximum absolute atomic E-state index is 10.3. The Balaban J connectivity index is 1.65. The lowest BCUT2D eigenvalue weighted by Crippen LogP contribution is -2.42. The average Bonchev–Trinajstić information content (AvgIpc) is 2.96. The number of aliphatic hydroxyl groups is 1. The van der Waals surface area contributed by atoms with E-state index in [9.17, 15) is 5.11 Å². The van der Waals surface area contributed by atoms with Crippen molar-refractivity contribution >= 4 is 0 Å². The second-order valence-electron chi connectivity index (χ2n) is 6.54. The molecule has 2 fully saturated rings. The average molecular weight is 289 g/mol. The van der Waals surface area contributed by atoms with Gasteiger partial charge in [0.25, 0.3) is 0 Å². The van der Waals surface area contributed by atoms with Crippen LogP contribution in [0.15, 0.2) is 24.3 Å². The highest BCUT2D eigenvalue weighted by molar-refractivity contribution is 5.27. The first-order valence-corrected chi connectivity index (χ1v) is 8.33. The van der Waals surface area contributed by atoms with Gasteiger partial charge in [-0.15, -0.1) is 0 Å². The van der Waals surface area contributed by atoms with Crippen LogP contribution < -0.4 is 4.74 Å².